The summed E-state index contributed by atoms with van der Waals surface area (Å²) < 4.78 is 5.18. The number of methoxy groups -OCH3 is 1. The second-order valence-corrected chi connectivity index (χ2v) is 6.86. The number of ether oxygens (including phenoxy) is 1. The van der Waals surface area contributed by atoms with Crippen LogP contribution in [-0.4, -0.2) is 36.9 Å². The molecule has 144 valence electrons. The van der Waals surface area contributed by atoms with Gasteiger partial charge in [-0.3, -0.25) is 9.59 Å². The molecule has 0 aliphatic heterocycles. The van der Waals surface area contributed by atoms with E-state index in [-0.39, 0.29) is 24.8 Å². The van der Waals surface area contributed by atoms with Crippen LogP contribution in [-0.2, 0) is 16.0 Å². The predicted octanol–water partition coefficient (Wildman–Crippen LogP) is 4.42. The van der Waals surface area contributed by atoms with Crippen LogP contribution in [0.25, 0.3) is 0 Å². The normalized spacial score (nSPS) is 10.4. The molecule has 27 heavy (non-hydrogen) atoms. The van der Waals surface area contributed by atoms with Crippen LogP contribution in [0.4, 0.5) is 5.69 Å². The summed E-state index contributed by atoms with van der Waals surface area (Å²) in [4.78, 5) is 26.6. The Morgan fingerprint density at radius 2 is 1.93 bits per heavy atom. The average Bonchev–Trinajstić information content (AvgIpc) is 2.64. The number of nitrogens with zero attached hydrogens (tertiary/aromatic N) is 1. The molecule has 0 saturated heterocycles. The van der Waals surface area contributed by atoms with Crippen molar-refractivity contribution in [2.24, 2.45) is 0 Å². The summed E-state index contributed by atoms with van der Waals surface area (Å²) in [6.07, 6.45) is 0.949. The molecule has 0 radical (unpaired) electrons. The predicted molar refractivity (Wildman–Crippen MR) is 109 cm³/mol. The van der Waals surface area contributed by atoms with E-state index in [9.17, 15) is 9.59 Å². The SMILES string of the molecule is CCCN(CC(=O)Nc1ccc(Cl)cc1Cl)C(=O)Cc1cccc(OC)c1. The van der Waals surface area contributed by atoms with E-state index in [0.717, 1.165) is 12.0 Å². The number of anilines is 1. The third-order valence-corrected chi connectivity index (χ3v) is 4.42. The highest BCUT2D eigenvalue weighted by Gasteiger charge is 2.18. The van der Waals surface area contributed by atoms with Crippen molar-refractivity contribution in [1.82, 2.24) is 4.90 Å². The van der Waals surface area contributed by atoms with Crippen molar-refractivity contribution >= 4 is 40.7 Å². The maximum absolute atomic E-state index is 12.7. The Bertz CT molecular complexity index is 812. The lowest BCUT2D eigenvalue weighted by Crippen LogP contribution is -2.39. The molecule has 2 aromatic carbocycles. The molecule has 0 atom stereocenters. The molecule has 0 aromatic heterocycles. The van der Waals surface area contributed by atoms with Gasteiger partial charge in [-0.25, -0.2) is 0 Å². The van der Waals surface area contributed by atoms with Crippen molar-refractivity contribution in [3.05, 3.63) is 58.1 Å². The molecule has 7 heteroatoms. The van der Waals surface area contributed by atoms with Gasteiger partial charge < -0.3 is 15.0 Å². The quantitative estimate of drug-likeness (QED) is 0.702. The number of rotatable bonds is 8. The number of benzene rings is 2. The molecule has 0 spiro atoms. The van der Waals surface area contributed by atoms with Gasteiger partial charge in [-0.2, -0.15) is 0 Å². The van der Waals surface area contributed by atoms with Gasteiger partial charge >= 0.3 is 0 Å². The Kier molecular flexibility index (Phi) is 7.95. The van der Waals surface area contributed by atoms with E-state index in [1.807, 2.05) is 31.2 Å². The van der Waals surface area contributed by atoms with E-state index in [1.54, 1.807) is 30.2 Å². The summed E-state index contributed by atoms with van der Waals surface area (Å²) in [5, 5.41) is 3.55. The second-order valence-electron chi connectivity index (χ2n) is 6.02. The van der Waals surface area contributed by atoms with E-state index < -0.39 is 0 Å². The molecule has 5 nitrogen and oxygen atoms in total. The summed E-state index contributed by atoms with van der Waals surface area (Å²) in [6, 6.07) is 12.2. The Balaban J connectivity index is 2.02. The molecule has 2 amide bonds. The Hall–Kier alpha value is -2.24. The molecule has 0 fully saturated rings. The number of carbonyl (C=O) groups is 2. The van der Waals surface area contributed by atoms with Crippen molar-refractivity contribution in [2.45, 2.75) is 19.8 Å². The minimum absolute atomic E-state index is 0.0460. The van der Waals surface area contributed by atoms with Gasteiger partial charge in [0.25, 0.3) is 0 Å². The minimum Gasteiger partial charge on any atom is -0.497 e. The molecule has 0 heterocycles. The fourth-order valence-electron chi connectivity index (χ4n) is 2.58. The highest BCUT2D eigenvalue weighted by Crippen LogP contribution is 2.25. The average molecular weight is 409 g/mol. The zero-order chi connectivity index (χ0) is 19.8. The van der Waals surface area contributed by atoms with E-state index in [4.69, 9.17) is 27.9 Å². The summed E-state index contributed by atoms with van der Waals surface area (Å²) >= 11 is 11.9. The van der Waals surface area contributed by atoms with Crippen LogP contribution in [0.15, 0.2) is 42.5 Å². The van der Waals surface area contributed by atoms with Gasteiger partial charge in [0.1, 0.15) is 5.75 Å². The standard InChI is InChI=1S/C20H22Cl2N2O3/c1-3-9-24(20(26)11-14-5-4-6-16(10-14)27-2)13-19(25)23-18-8-7-15(21)12-17(18)22/h4-8,10,12H,3,9,11,13H2,1-2H3,(H,23,25). The van der Waals surface area contributed by atoms with Crippen LogP contribution in [0, 0.1) is 0 Å². The van der Waals surface area contributed by atoms with Gasteiger partial charge in [-0.1, -0.05) is 42.3 Å². The zero-order valence-corrected chi connectivity index (χ0v) is 16.8. The van der Waals surface area contributed by atoms with Gasteiger partial charge in [0.05, 0.1) is 30.8 Å². The number of hydrogen-bond acceptors (Lipinski definition) is 3. The molecular formula is C20H22Cl2N2O3. The van der Waals surface area contributed by atoms with Crippen molar-refractivity contribution in [3.63, 3.8) is 0 Å². The monoisotopic (exact) mass is 408 g/mol. The van der Waals surface area contributed by atoms with Gasteiger partial charge in [0.15, 0.2) is 0 Å². The van der Waals surface area contributed by atoms with E-state index in [0.29, 0.717) is 28.0 Å². The van der Waals surface area contributed by atoms with Gasteiger partial charge in [-0.15, -0.1) is 0 Å². The lowest BCUT2D eigenvalue weighted by Gasteiger charge is -2.22. The van der Waals surface area contributed by atoms with Crippen molar-refractivity contribution in [3.8, 4) is 5.75 Å². The van der Waals surface area contributed by atoms with Gasteiger partial charge in [-0.05, 0) is 42.3 Å². The van der Waals surface area contributed by atoms with Crippen molar-refractivity contribution in [1.29, 1.82) is 0 Å². The van der Waals surface area contributed by atoms with Crippen LogP contribution >= 0.6 is 23.2 Å². The molecular weight excluding hydrogens is 387 g/mol. The Morgan fingerprint density at radius 1 is 1.15 bits per heavy atom. The molecule has 0 bridgehead atoms. The highest BCUT2D eigenvalue weighted by molar-refractivity contribution is 6.36. The van der Waals surface area contributed by atoms with E-state index in [1.165, 1.54) is 0 Å². The lowest BCUT2D eigenvalue weighted by molar-refractivity contribution is -0.134. The summed E-state index contributed by atoms with van der Waals surface area (Å²) in [6.45, 7) is 2.40. The molecule has 0 aliphatic carbocycles. The molecule has 0 saturated carbocycles. The molecule has 1 N–H and O–H groups in total. The molecule has 0 unspecified atom stereocenters. The minimum atomic E-state index is -0.313. The summed E-state index contributed by atoms with van der Waals surface area (Å²) in [5.41, 5.74) is 1.30. The third-order valence-electron chi connectivity index (χ3n) is 3.88. The molecule has 2 aromatic rings. The Morgan fingerprint density at radius 3 is 2.59 bits per heavy atom. The maximum Gasteiger partial charge on any atom is 0.244 e. The summed E-state index contributed by atoms with van der Waals surface area (Å²) in [7, 11) is 1.58. The van der Waals surface area contributed by atoms with Crippen LogP contribution < -0.4 is 10.1 Å². The first kappa shape index (κ1) is 21.1. The Labute approximate surface area is 169 Å². The van der Waals surface area contributed by atoms with Crippen LogP contribution in [0.3, 0.4) is 0 Å². The van der Waals surface area contributed by atoms with E-state index >= 15 is 0 Å². The van der Waals surface area contributed by atoms with Crippen molar-refractivity contribution < 1.29 is 14.3 Å². The smallest absolute Gasteiger partial charge is 0.244 e. The van der Waals surface area contributed by atoms with Crippen molar-refractivity contribution in [2.75, 3.05) is 25.5 Å². The molecule has 0 aliphatic rings. The van der Waals surface area contributed by atoms with Crippen LogP contribution in [0.1, 0.15) is 18.9 Å². The summed E-state index contributed by atoms with van der Waals surface area (Å²) in [5.74, 6) is 0.256. The lowest BCUT2D eigenvalue weighted by atomic mass is 10.1. The maximum atomic E-state index is 12.7. The number of halogens is 2. The van der Waals surface area contributed by atoms with Crippen LogP contribution in [0.2, 0.25) is 10.0 Å². The largest absolute Gasteiger partial charge is 0.497 e. The van der Waals surface area contributed by atoms with Gasteiger partial charge in [0, 0.05) is 11.6 Å². The second kappa shape index (κ2) is 10.2. The number of nitrogens with one attached hydrogen (secondary N) is 1. The highest BCUT2D eigenvalue weighted by atomic mass is 35.5. The molecule has 2 rings (SSSR count). The zero-order valence-electron chi connectivity index (χ0n) is 15.3. The fourth-order valence-corrected chi connectivity index (χ4v) is 3.04. The van der Waals surface area contributed by atoms with Gasteiger partial charge in [0.2, 0.25) is 11.8 Å². The number of amides is 2. The first-order valence-electron chi connectivity index (χ1n) is 8.58. The topological polar surface area (TPSA) is 58.6 Å². The first-order chi connectivity index (χ1) is 12.9. The van der Waals surface area contributed by atoms with Crippen LogP contribution in [0.5, 0.6) is 5.75 Å². The number of hydrogen-bond donors (Lipinski definition) is 1. The number of carbonyl (C=O) groups excluding carboxylic acids is 2. The fraction of sp³-hybridized carbons (Fsp3) is 0.300. The van der Waals surface area contributed by atoms with E-state index in [2.05, 4.69) is 5.32 Å². The first-order valence-corrected chi connectivity index (χ1v) is 9.34. The third kappa shape index (κ3) is 6.45.